The van der Waals surface area contributed by atoms with Crippen LogP contribution in [-0.4, -0.2) is 35.6 Å². The van der Waals surface area contributed by atoms with Gasteiger partial charge in [-0.3, -0.25) is 4.79 Å². The van der Waals surface area contributed by atoms with E-state index in [1.807, 2.05) is 19.3 Å². The monoisotopic (exact) mass is 287 g/mol. The molecule has 110 valence electrons. The number of rotatable bonds is 3. The molecule has 0 unspecified atom stereocenters. The molecule has 0 aliphatic heterocycles. The van der Waals surface area contributed by atoms with Crippen LogP contribution in [0.1, 0.15) is 10.5 Å². The van der Waals surface area contributed by atoms with E-state index in [2.05, 4.69) is 0 Å². The topological polar surface area (TPSA) is 77.6 Å². The van der Waals surface area contributed by atoms with E-state index >= 15 is 0 Å². The second-order valence-corrected chi connectivity index (χ2v) is 4.87. The van der Waals surface area contributed by atoms with Gasteiger partial charge in [-0.2, -0.15) is 0 Å². The quantitative estimate of drug-likeness (QED) is 0.935. The second kappa shape index (κ2) is 5.70. The summed E-state index contributed by atoms with van der Waals surface area (Å²) < 4.78 is 6.56. The molecule has 0 saturated heterocycles. The molecule has 0 atom stereocenters. The Morgan fingerprint density at radius 1 is 1.14 bits per heavy atom. The third-order valence-electron chi connectivity index (χ3n) is 3.04. The number of carbonyl (C=O) groups excluding carboxylic acids is 2. The summed E-state index contributed by atoms with van der Waals surface area (Å²) in [6.07, 6.45) is 1.03. The van der Waals surface area contributed by atoms with E-state index in [0.717, 1.165) is 11.1 Å². The first-order chi connectivity index (χ1) is 9.88. The summed E-state index contributed by atoms with van der Waals surface area (Å²) in [5.74, 6) is 0.323. The summed E-state index contributed by atoms with van der Waals surface area (Å²) >= 11 is 0. The van der Waals surface area contributed by atoms with Crippen LogP contribution in [0, 0.1) is 0 Å². The molecule has 1 aromatic carbocycles. The Morgan fingerprint density at radius 3 is 2.29 bits per heavy atom. The molecule has 1 aromatic heterocycles. The number of primary amides is 1. The lowest BCUT2D eigenvalue weighted by Crippen LogP contribution is -2.23. The van der Waals surface area contributed by atoms with Gasteiger partial charge in [0.25, 0.3) is 5.91 Å². The van der Waals surface area contributed by atoms with Crippen molar-refractivity contribution in [3.05, 3.63) is 42.2 Å². The van der Waals surface area contributed by atoms with Gasteiger partial charge in [0.05, 0.1) is 0 Å². The van der Waals surface area contributed by atoms with Crippen LogP contribution in [0.3, 0.4) is 0 Å². The van der Waals surface area contributed by atoms with Crippen molar-refractivity contribution in [3.63, 3.8) is 0 Å². The molecule has 2 amide bonds. The molecular weight excluding hydrogens is 270 g/mol. The predicted molar refractivity (Wildman–Crippen MR) is 79.1 cm³/mol. The number of ether oxygens (including phenoxy) is 1. The normalized spacial score (nSPS) is 10.2. The molecule has 0 radical (unpaired) electrons. The SMILES string of the molecule is CN(C)C(=O)c1cc(-c2ccc(OC(N)=O)cc2)cn1C. The average molecular weight is 287 g/mol. The molecule has 2 rings (SSSR count). The van der Waals surface area contributed by atoms with Gasteiger partial charge in [-0.05, 0) is 23.8 Å². The molecule has 6 heteroatoms. The van der Waals surface area contributed by atoms with Gasteiger partial charge in [-0.15, -0.1) is 0 Å². The Hall–Kier alpha value is -2.76. The number of aryl methyl sites for hydroxylation is 1. The Morgan fingerprint density at radius 2 is 1.76 bits per heavy atom. The van der Waals surface area contributed by atoms with E-state index in [1.165, 1.54) is 4.90 Å². The van der Waals surface area contributed by atoms with Crippen molar-refractivity contribution in [1.29, 1.82) is 0 Å². The van der Waals surface area contributed by atoms with Crippen LogP contribution in [0.15, 0.2) is 36.5 Å². The highest BCUT2D eigenvalue weighted by molar-refractivity contribution is 5.94. The van der Waals surface area contributed by atoms with Gasteiger partial charge in [0, 0.05) is 32.9 Å². The second-order valence-electron chi connectivity index (χ2n) is 4.87. The van der Waals surface area contributed by atoms with Crippen molar-refractivity contribution < 1.29 is 14.3 Å². The first-order valence-electron chi connectivity index (χ1n) is 6.34. The summed E-state index contributed by atoms with van der Waals surface area (Å²) in [6.45, 7) is 0. The van der Waals surface area contributed by atoms with Crippen LogP contribution in [0.25, 0.3) is 11.1 Å². The number of hydrogen-bond acceptors (Lipinski definition) is 3. The maximum Gasteiger partial charge on any atom is 0.409 e. The van der Waals surface area contributed by atoms with Crippen molar-refractivity contribution in [3.8, 4) is 16.9 Å². The van der Waals surface area contributed by atoms with Gasteiger partial charge in [-0.25, -0.2) is 4.79 Å². The fraction of sp³-hybridized carbons (Fsp3) is 0.200. The zero-order valence-electron chi connectivity index (χ0n) is 12.2. The van der Waals surface area contributed by atoms with Crippen LogP contribution in [0.5, 0.6) is 5.75 Å². The van der Waals surface area contributed by atoms with Crippen molar-refractivity contribution in [2.24, 2.45) is 12.8 Å². The number of nitrogens with two attached hydrogens (primary N) is 1. The van der Waals surface area contributed by atoms with Crippen molar-refractivity contribution in [2.45, 2.75) is 0 Å². The third-order valence-corrected chi connectivity index (χ3v) is 3.04. The van der Waals surface area contributed by atoms with Crippen molar-refractivity contribution >= 4 is 12.0 Å². The molecule has 0 spiro atoms. The first kappa shape index (κ1) is 14.6. The van der Waals surface area contributed by atoms with Crippen LogP contribution in [0.4, 0.5) is 4.79 Å². The zero-order valence-corrected chi connectivity index (χ0v) is 12.2. The smallest absolute Gasteiger partial charge is 0.409 e. The highest BCUT2D eigenvalue weighted by Gasteiger charge is 2.14. The van der Waals surface area contributed by atoms with Gasteiger partial charge in [0.15, 0.2) is 0 Å². The first-order valence-corrected chi connectivity index (χ1v) is 6.34. The summed E-state index contributed by atoms with van der Waals surface area (Å²) in [7, 11) is 5.25. The lowest BCUT2D eigenvalue weighted by molar-refractivity contribution is 0.0818. The lowest BCUT2D eigenvalue weighted by Gasteiger charge is -2.10. The Bertz CT molecular complexity index is 672. The summed E-state index contributed by atoms with van der Waals surface area (Å²) in [6, 6.07) is 8.74. The van der Waals surface area contributed by atoms with E-state index in [0.29, 0.717) is 11.4 Å². The fourth-order valence-corrected chi connectivity index (χ4v) is 2.00. The largest absolute Gasteiger partial charge is 0.411 e. The maximum absolute atomic E-state index is 12.0. The van der Waals surface area contributed by atoms with Crippen molar-refractivity contribution in [1.82, 2.24) is 9.47 Å². The van der Waals surface area contributed by atoms with Gasteiger partial charge in [-0.1, -0.05) is 12.1 Å². The molecule has 2 aromatic rings. The van der Waals surface area contributed by atoms with Crippen LogP contribution >= 0.6 is 0 Å². The Kier molecular flexibility index (Phi) is 3.98. The van der Waals surface area contributed by atoms with Gasteiger partial charge in [0.1, 0.15) is 11.4 Å². The molecule has 2 N–H and O–H groups in total. The number of carbonyl (C=O) groups is 2. The summed E-state index contributed by atoms with van der Waals surface area (Å²) in [4.78, 5) is 24.2. The number of benzene rings is 1. The number of hydrogen-bond donors (Lipinski definition) is 1. The molecule has 1 heterocycles. The highest BCUT2D eigenvalue weighted by atomic mass is 16.5. The van der Waals surface area contributed by atoms with Crippen molar-refractivity contribution in [2.75, 3.05) is 14.1 Å². The Labute approximate surface area is 122 Å². The van der Waals surface area contributed by atoms with Crippen LogP contribution < -0.4 is 10.5 Å². The average Bonchev–Trinajstić information content (AvgIpc) is 2.80. The van der Waals surface area contributed by atoms with Crippen LogP contribution in [0.2, 0.25) is 0 Å². The number of amides is 2. The van der Waals surface area contributed by atoms with Crippen LogP contribution in [-0.2, 0) is 7.05 Å². The van der Waals surface area contributed by atoms with E-state index in [9.17, 15) is 9.59 Å². The minimum absolute atomic E-state index is 0.0579. The highest BCUT2D eigenvalue weighted by Crippen LogP contribution is 2.24. The van der Waals surface area contributed by atoms with E-state index in [1.54, 1.807) is 42.9 Å². The molecule has 0 fully saturated rings. The third kappa shape index (κ3) is 3.22. The molecule has 21 heavy (non-hydrogen) atoms. The van der Waals surface area contributed by atoms with Gasteiger partial charge >= 0.3 is 6.09 Å². The Balaban J connectivity index is 2.28. The molecule has 0 aliphatic rings. The van der Waals surface area contributed by atoms with Gasteiger partial charge in [0.2, 0.25) is 0 Å². The predicted octanol–water partition coefficient (Wildman–Crippen LogP) is 1.85. The zero-order chi connectivity index (χ0) is 15.6. The molecule has 0 saturated carbocycles. The van der Waals surface area contributed by atoms with E-state index in [-0.39, 0.29) is 5.91 Å². The minimum Gasteiger partial charge on any atom is -0.411 e. The summed E-state index contributed by atoms with van der Waals surface area (Å²) in [5, 5.41) is 0. The van der Waals surface area contributed by atoms with E-state index < -0.39 is 6.09 Å². The molecular formula is C15H17N3O3. The lowest BCUT2D eigenvalue weighted by atomic mass is 10.1. The molecule has 0 bridgehead atoms. The van der Waals surface area contributed by atoms with Gasteiger partial charge < -0.3 is 19.9 Å². The molecule has 0 aliphatic carbocycles. The number of aromatic nitrogens is 1. The van der Waals surface area contributed by atoms with E-state index in [4.69, 9.17) is 10.5 Å². The summed E-state index contributed by atoms with van der Waals surface area (Å²) in [5.41, 5.74) is 7.38. The standard InChI is InChI=1S/C15H17N3O3/c1-17(2)14(19)13-8-11(9-18(13)3)10-4-6-12(7-5-10)21-15(16)20/h4-9H,1-3H3,(H2,16,20). The fourth-order valence-electron chi connectivity index (χ4n) is 2.00. The molecule has 6 nitrogen and oxygen atoms in total. The maximum atomic E-state index is 12.0. The minimum atomic E-state index is -0.846. The number of nitrogens with zero attached hydrogens (tertiary/aromatic N) is 2.